The van der Waals surface area contributed by atoms with Crippen LogP contribution in [0.3, 0.4) is 0 Å². The number of anilines is 2. The minimum atomic E-state index is -0.163. The maximum Gasteiger partial charge on any atom is 0.234 e. The molecule has 0 aliphatic rings. The van der Waals surface area contributed by atoms with Crippen LogP contribution in [0.1, 0.15) is 36.7 Å². The molecule has 2 aromatic carbocycles. The predicted octanol–water partition coefficient (Wildman–Crippen LogP) is 4.16. The van der Waals surface area contributed by atoms with Crippen molar-refractivity contribution in [2.75, 3.05) is 16.4 Å². The molecule has 2 amide bonds. The van der Waals surface area contributed by atoms with Crippen molar-refractivity contribution in [2.45, 2.75) is 38.3 Å². The van der Waals surface area contributed by atoms with Gasteiger partial charge < -0.3 is 15.2 Å². The first-order valence-electron chi connectivity index (χ1n) is 10.1. The van der Waals surface area contributed by atoms with Crippen LogP contribution in [-0.4, -0.2) is 32.3 Å². The number of amides is 2. The Morgan fingerprint density at radius 1 is 0.968 bits per heavy atom. The van der Waals surface area contributed by atoms with Crippen LogP contribution in [0.2, 0.25) is 0 Å². The summed E-state index contributed by atoms with van der Waals surface area (Å²) in [5.41, 5.74) is 3.70. The van der Waals surface area contributed by atoms with Gasteiger partial charge in [0, 0.05) is 18.4 Å². The third-order valence-corrected chi connectivity index (χ3v) is 5.87. The van der Waals surface area contributed by atoms with E-state index in [-0.39, 0.29) is 24.0 Å². The van der Waals surface area contributed by atoms with E-state index in [2.05, 4.69) is 34.7 Å². The fourth-order valence-electron chi connectivity index (χ4n) is 3.11. The topological polar surface area (TPSA) is 88.9 Å². The van der Waals surface area contributed by atoms with Crippen molar-refractivity contribution in [1.29, 1.82) is 0 Å². The third kappa shape index (κ3) is 5.95. The van der Waals surface area contributed by atoms with Gasteiger partial charge in [0.15, 0.2) is 5.16 Å². The van der Waals surface area contributed by atoms with Crippen LogP contribution in [0, 0.1) is 6.92 Å². The van der Waals surface area contributed by atoms with E-state index in [1.54, 1.807) is 11.6 Å². The first kappa shape index (κ1) is 22.6. The molecule has 1 heterocycles. The molecule has 0 aliphatic carbocycles. The Bertz CT molecular complexity index is 1080. The fraction of sp³-hybridized carbons (Fsp3) is 0.304. The van der Waals surface area contributed by atoms with Gasteiger partial charge in [0.25, 0.3) is 0 Å². The number of thioether (sulfide) groups is 1. The van der Waals surface area contributed by atoms with Crippen LogP contribution in [0.5, 0.6) is 0 Å². The number of hydrogen-bond donors (Lipinski definition) is 2. The number of para-hydroxylation sites is 2. The van der Waals surface area contributed by atoms with Gasteiger partial charge in [0.1, 0.15) is 5.82 Å². The van der Waals surface area contributed by atoms with E-state index in [0.29, 0.717) is 16.9 Å². The number of nitrogens with zero attached hydrogens (tertiary/aromatic N) is 3. The number of nitrogens with one attached hydrogen (secondary N) is 2. The van der Waals surface area contributed by atoms with Crippen LogP contribution in [0.15, 0.2) is 53.7 Å². The van der Waals surface area contributed by atoms with Gasteiger partial charge in [-0.25, -0.2) is 0 Å². The third-order valence-electron chi connectivity index (χ3n) is 4.85. The lowest BCUT2D eigenvalue weighted by atomic mass is 10.0. The van der Waals surface area contributed by atoms with E-state index in [4.69, 9.17) is 0 Å². The Hall–Kier alpha value is -3.13. The van der Waals surface area contributed by atoms with Gasteiger partial charge >= 0.3 is 0 Å². The summed E-state index contributed by atoms with van der Waals surface area (Å²) >= 11 is 1.29. The maximum absolute atomic E-state index is 12.4. The summed E-state index contributed by atoms with van der Waals surface area (Å²) in [4.78, 5) is 24.8. The van der Waals surface area contributed by atoms with E-state index in [1.165, 1.54) is 11.8 Å². The zero-order chi connectivity index (χ0) is 22.4. The summed E-state index contributed by atoms with van der Waals surface area (Å²) < 4.78 is 1.75. The molecule has 0 saturated carbocycles. The number of benzene rings is 2. The molecule has 31 heavy (non-hydrogen) atoms. The second-order valence-electron chi connectivity index (χ2n) is 7.58. The Kier molecular flexibility index (Phi) is 7.46. The summed E-state index contributed by atoms with van der Waals surface area (Å²) in [5, 5.41) is 14.7. The number of hydrogen-bond acceptors (Lipinski definition) is 5. The highest BCUT2D eigenvalue weighted by Gasteiger charge is 2.16. The summed E-state index contributed by atoms with van der Waals surface area (Å²) in [6.45, 7) is 6.13. The van der Waals surface area contributed by atoms with Crippen molar-refractivity contribution in [3.8, 4) is 0 Å². The smallest absolute Gasteiger partial charge is 0.234 e. The lowest BCUT2D eigenvalue weighted by Gasteiger charge is -2.13. The normalized spacial score (nSPS) is 10.9. The van der Waals surface area contributed by atoms with Crippen molar-refractivity contribution in [2.24, 2.45) is 7.05 Å². The summed E-state index contributed by atoms with van der Waals surface area (Å²) in [6, 6.07) is 15.4. The Balaban J connectivity index is 1.56. The molecule has 3 rings (SSSR count). The fourth-order valence-corrected chi connectivity index (χ4v) is 3.84. The van der Waals surface area contributed by atoms with Crippen molar-refractivity contribution >= 4 is 35.0 Å². The Morgan fingerprint density at radius 3 is 2.32 bits per heavy atom. The predicted molar refractivity (Wildman–Crippen MR) is 124 cm³/mol. The number of rotatable bonds is 8. The molecule has 3 aromatic rings. The van der Waals surface area contributed by atoms with Crippen molar-refractivity contribution < 1.29 is 9.59 Å². The largest absolute Gasteiger partial charge is 0.325 e. The maximum atomic E-state index is 12.4. The molecule has 0 fully saturated rings. The molecule has 0 atom stereocenters. The molecule has 7 nitrogen and oxygen atoms in total. The minimum absolute atomic E-state index is 0.104. The Labute approximate surface area is 186 Å². The second kappa shape index (κ2) is 10.3. The van der Waals surface area contributed by atoms with Gasteiger partial charge in [-0.15, -0.1) is 10.2 Å². The monoisotopic (exact) mass is 437 g/mol. The molecule has 0 bridgehead atoms. The lowest BCUT2D eigenvalue weighted by Crippen LogP contribution is -2.18. The van der Waals surface area contributed by atoms with Crippen LogP contribution in [0.4, 0.5) is 11.4 Å². The van der Waals surface area contributed by atoms with Crippen molar-refractivity contribution in [3.63, 3.8) is 0 Å². The average molecular weight is 438 g/mol. The summed E-state index contributed by atoms with van der Waals surface area (Å²) in [6.07, 6.45) is 0.104. The van der Waals surface area contributed by atoms with E-state index in [9.17, 15) is 9.59 Å². The van der Waals surface area contributed by atoms with Crippen LogP contribution in [0.25, 0.3) is 0 Å². The quantitative estimate of drug-likeness (QED) is 0.517. The van der Waals surface area contributed by atoms with Crippen molar-refractivity contribution in [3.05, 3.63) is 65.5 Å². The highest BCUT2D eigenvalue weighted by Crippen LogP contribution is 2.24. The molecular weight excluding hydrogens is 410 g/mol. The van der Waals surface area contributed by atoms with Gasteiger partial charge in [0.2, 0.25) is 11.8 Å². The molecule has 8 heteroatoms. The minimum Gasteiger partial charge on any atom is -0.325 e. The average Bonchev–Trinajstić information content (AvgIpc) is 3.07. The van der Waals surface area contributed by atoms with Gasteiger partial charge in [-0.3, -0.25) is 9.59 Å². The molecule has 0 unspecified atom stereocenters. The molecular formula is C23H27N5O2S. The summed E-state index contributed by atoms with van der Waals surface area (Å²) in [5.74, 6) is 0.785. The van der Waals surface area contributed by atoms with Gasteiger partial charge in [-0.2, -0.15) is 0 Å². The molecule has 0 radical (unpaired) electrons. The van der Waals surface area contributed by atoms with E-state index >= 15 is 0 Å². The number of aromatic nitrogens is 3. The van der Waals surface area contributed by atoms with Crippen LogP contribution >= 0.6 is 11.8 Å². The van der Waals surface area contributed by atoms with Crippen LogP contribution < -0.4 is 10.6 Å². The van der Waals surface area contributed by atoms with E-state index < -0.39 is 0 Å². The Morgan fingerprint density at radius 2 is 1.61 bits per heavy atom. The van der Waals surface area contributed by atoms with E-state index in [0.717, 1.165) is 22.5 Å². The van der Waals surface area contributed by atoms with Gasteiger partial charge in [-0.05, 0) is 36.1 Å². The number of carbonyl (C=O) groups excluding carboxylic acids is 2. The highest BCUT2D eigenvalue weighted by molar-refractivity contribution is 7.99. The molecule has 1 aromatic heterocycles. The van der Waals surface area contributed by atoms with Gasteiger partial charge in [-0.1, -0.05) is 62.0 Å². The first-order chi connectivity index (χ1) is 14.8. The molecule has 2 N–H and O–H groups in total. The summed E-state index contributed by atoms with van der Waals surface area (Å²) in [7, 11) is 1.80. The standard InChI is InChI=1S/C23H27N5O2S/c1-15(2)17-10-6-8-12-19(17)25-22(30)14-31-23-27-26-20(28(23)4)13-21(29)24-18-11-7-5-9-16(18)3/h5-12,15H,13-14H2,1-4H3,(H,24,29)(H,25,30). The second-order valence-corrected chi connectivity index (χ2v) is 8.52. The molecule has 0 saturated heterocycles. The lowest BCUT2D eigenvalue weighted by molar-refractivity contribution is -0.116. The zero-order valence-electron chi connectivity index (χ0n) is 18.2. The van der Waals surface area contributed by atoms with Gasteiger partial charge in [0.05, 0.1) is 12.2 Å². The number of aryl methyl sites for hydroxylation is 1. The first-order valence-corrected chi connectivity index (χ1v) is 11.1. The number of carbonyl (C=O) groups is 2. The van der Waals surface area contributed by atoms with E-state index in [1.807, 2.05) is 55.5 Å². The molecule has 0 spiro atoms. The van der Waals surface area contributed by atoms with Crippen LogP contribution in [-0.2, 0) is 23.1 Å². The SMILES string of the molecule is Cc1ccccc1NC(=O)Cc1nnc(SCC(=O)Nc2ccccc2C(C)C)n1C. The van der Waals surface area contributed by atoms with Crippen molar-refractivity contribution in [1.82, 2.24) is 14.8 Å². The molecule has 0 aliphatic heterocycles. The zero-order valence-corrected chi connectivity index (χ0v) is 19.0. The highest BCUT2D eigenvalue weighted by atomic mass is 32.2. The molecule has 162 valence electrons.